The second-order valence-electron chi connectivity index (χ2n) is 5.92. The summed E-state index contributed by atoms with van der Waals surface area (Å²) in [4.78, 5) is 16.6. The molecule has 23 heavy (non-hydrogen) atoms. The minimum atomic E-state index is -0.751. The lowest BCUT2D eigenvalue weighted by Crippen LogP contribution is -2.49. The average Bonchev–Trinajstić information content (AvgIpc) is 3.07. The number of ether oxygens (including phenoxy) is 1. The molecule has 1 aromatic carbocycles. The van der Waals surface area contributed by atoms with Crippen molar-refractivity contribution in [3.05, 3.63) is 29.3 Å². The molecular weight excluding hydrogens is 304 g/mol. The van der Waals surface area contributed by atoms with E-state index in [1.165, 1.54) is 7.11 Å². The molecule has 0 aliphatic carbocycles. The highest BCUT2D eigenvalue weighted by molar-refractivity contribution is 5.97. The van der Waals surface area contributed by atoms with Crippen molar-refractivity contribution in [3.63, 3.8) is 0 Å². The molecule has 0 spiro atoms. The number of benzene rings is 1. The van der Waals surface area contributed by atoms with E-state index < -0.39 is 17.5 Å². The Morgan fingerprint density at radius 1 is 1.22 bits per heavy atom. The van der Waals surface area contributed by atoms with Crippen LogP contribution < -0.4 is 10.1 Å². The van der Waals surface area contributed by atoms with Gasteiger partial charge in [-0.3, -0.25) is 9.69 Å². The molecule has 1 unspecified atom stereocenters. The molecule has 1 N–H and O–H groups in total. The number of nitrogens with one attached hydrogen (secondary N) is 1. The summed E-state index contributed by atoms with van der Waals surface area (Å²) in [5.41, 5.74) is -0.312. The molecule has 2 heterocycles. The second-order valence-corrected chi connectivity index (χ2v) is 5.92. The Bertz CT molecular complexity index is 591. The summed E-state index contributed by atoms with van der Waals surface area (Å²) in [6, 6.07) is 2.22. The molecule has 3 rings (SSSR count). The molecule has 2 saturated heterocycles. The molecule has 5 nitrogen and oxygen atoms in total. The van der Waals surface area contributed by atoms with E-state index in [0.29, 0.717) is 13.1 Å². The molecule has 126 valence electrons. The van der Waals surface area contributed by atoms with Crippen molar-refractivity contribution in [3.8, 4) is 5.75 Å². The standard InChI is InChI=1S/C16H21F2N3O2/c1-23-15-13(18)3-2-12(17)14(15)16(22)21-7-4-11(10-21)20-8-5-19-6-9-20/h2-3,11,19H,4-10H2,1H3. The molecule has 1 aromatic rings. The monoisotopic (exact) mass is 325 g/mol. The first-order valence-corrected chi connectivity index (χ1v) is 7.88. The minimum absolute atomic E-state index is 0.281. The molecule has 7 heteroatoms. The highest BCUT2D eigenvalue weighted by Crippen LogP contribution is 2.28. The van der Waals surface area contributed by atoms with Crippen LogP contribution in [0.5, 0.6) is 5.75 Å². The van der Waals surface area contributed by atoms with E-state index in [-0.39, 0.29) is 17.4 Å². The minimum Gasteiger partial charge on any atom is -0.493 e. The zero-order valence-corrected chi connectivity index (χ0v) is 13.1. The number of amides is 1. The Morgan fingerprint density at radius 2 is 1.91 bits per heavy atom. The van der Waals surface area contributed by atoms with Crippen LogP contribution in [0.15, 0.2) is 12.1 Å². The van der Waals surface area contributed by atoms with Crippen LogP contribution in [0, 0.1) is 11.6 Å². The average molecular weight is 325 g/mol. The van der Waals surface area contributed by atoms with Crippen molar-refractivity contribution in [2.24, 2.45) is 0 Å². The Labute approximate surface area is 134 Å². The second kappa shape index (κ2) is 6.80. The normalized spacial score (nSPS) is 22.4. The van der Waals surface area contributed by atoms with Crippen LogP contribution in [-0.4, -0.2) is 68.1 Å². The van der Waals surface area contributed by atoms with Crippen LogP contribution in [0.3, 0.4) is 0 Å². The lowest BCUT2D eigenvalue weighted by molar-refractivity contribution is 0.0764. The number of likely N-dealkylation sites (tertiary alicyclic amines) is 1. The lowest BCUT2D eigenvalue weighted by atomic mass is 10.1. The fourth-order valence-electron chi connectivity index (χ4n) is 3.36. The zero-order chi connectivity index (χ0) is 16.4. The van der Waals surface area contributed by atoms with Crippen molar-refractivity contribution < 1.29 is 18.3 Å². The Hall–Kier alpha value is -1.73. The van der Waals surface area contributed by atoms with Gasteiger partial charge in [0.15, 0.2) is 11.6 Å². The number of nitrogens with zero attached hydrogens (tertiary/aromatic N) is 2. The number of hydrogen-bond donors (Lipinski definition) is 1. The van der Waals surface area contributed by atoms with Crippen molar-refractivity contribution in [2.45, 2.75) is 12.5 Å². The predicted molar refractivity (Wildman–Crippen MR) is 81.7 cm³/mol. The lowest BCUT2D eigenvalue weighted by Gasteiger charge is -2.32. The maximum Gasteiger partial charge on any atom is 0.260 e. The van der Waals surface area contributed by atoms with E-state index in [1.54, 1.807) is 4.90 Å². The molecule has 1 amide bonds. The zero-order valence-electron chi connectivity index (χ0n) is 13.1. The Balaban J connectivity index is 1.76. The maximum atomic E-state index is 14.1. The third kappa shape index (κ3) is 3.16. The van der Waals surface area contributed by atoms with E-state index in [4.69, 9.17) is 4.74 Å². The quantitative estimate of drug-likeness (QED) is 0.904. The fourth-order valence-corrected chi connectivity index (χ4v) is 3.36. The van der Waals surface area contributed by atoms with Gasteiger partial charge in [-0.15, -0.1) is 0 Å². The molecule has 1 atom stereocenters. The number of halogens is 2. The van der Waals surface area contributed by atoms with Gasteiger partial charge >= 0.3 is 0 Å². The van der Waals surface area contributed by atoms with E-state index in [2.05, 4.69) is 10.2 Å². The largest absolute Gasteiger partial charge is 0.493 e. The van der Waals surface area contributed by atoms with Crippen molar-refractivity contribution in [1.82, 2.24) is 15.1 Å². The SMILES string of the molecule is COc1c(F)ccc(F)c1C(=O)N1CCC(N2CCNCC2)C1. The van der Waals surface area contributed by atoms with E-state index >= 15 is 0 Å². The molecule has 0 saturated carbocycles. The summed E-state index contributed by atoms with van der Waals surface area (Å²) in [6.07, 6.45) is 0.852. The van der Waals surface area contributed by atoms with E-state index in [9.17, 15) is 13.6 Å². The smallest absolute Gasteiger partial charge is 0.260 e. The third-order valence-electron chi connectivity index (χ3n) is 4.60. The molecule has 2 fully saturated rings. The maximum absolute atomic E-state index is 14.1. The van der Waals surface area contributed by atoms with Gasteiger partial charge in [-0.05, 0) is 18.6 Å². The van der Waals surface area contributed by atoms with Gasteiger partial charge < -0.3 is 15.0 Å². The van der Waals surface area contributed by atoms with Gasteiger partial charge in [0.1, 0.15) is 11.4 Å². The number of carbonyl (C=O) groups excluding carboxylic acids is 1. The summed E-state index contributed by atoms with van der Waals surface area (Å²) in [5, 5.41) is 3.30. The van der Waals surface area contributed by atoms with Crippen LogP contribution >= 0.6 is 0 Å². The number of methoxy groups -OCH3 is 1. The predicted octanol–water partition coefficient (Wildman–Crippen LogP) is 1.09. The summed E-state index contributed by atoms with van der Waals surface area (Å²) >= 11 is 0. The van der Waals surface area contributed by atoms with Crippen molar-refractivity contribution in [1.29, 1.82) is 0 Å². The number of rotatable bonds is 3. The molecule has 0 bridgehead atoms. The van der Waals surface area contributed by atoms with Crippen LogP contribution in [0.2, 0.25) is 0 Å². The van der Waals surface area contributed by atoms with Gasteiger partial charge in [-0.1, -0.05) is 0 Å². The van der Waals surface area contributed by atoms with E-state index in [1.807, 2.05) is 0 Å². The van der Waals surface area contributed by atoms with Crippen molar-refractivity contribution in [2.75, 3.05) is 46.4 Å². The number of hydrogen-bond acceptors (Lipinski definition) is 4. The van der Waals surface area contributed by atoms with Crippen LogP contribution in [0.1, 0.15) is 16.8 Å². The number of carbonyl (C=O) groups is 1. The van der Waals surface area contributed by atoms with Gasteiger partial charge in [0.25, 0.3) is 5.91 Å². The fraction of sp³-hybridized carbons (Fsp3) is 0.562. The molecule has 0 radical (unpaired) electrons. The van der Waals surface area contributed by atoms with Gasteiger partial charge in [0.05, 0.1) is 7.11 Å². The van der Waals surface area contributed by atoms with Gasteiger partial charge in [-0.25, -0.2) is 8.78 Å². The van der Waals surface area contributed by atoms with Gasteiger partial charge in [0.2, 0.25) is 0 Å². The Kier molecular flexibility index (Phi) is 4.77. The molecular formula is C16H21F2N3O2. The first-order chi connectivity index (χ1) is 11.1. The first kappa shape index (κ1) is 16.1. The summed E-state index contributed by atoms with van der Waals surface area (Å²) < 4.78 is 32.7. The van der Waals surface area contributed by atoms with E-state index in [0.717, 1.165) is 44.7 Å². The highest BCUT2D eigenvalue weighted by Gasteiger charge is 2.34. The van der Waals surface area contributed by atoms with Gasteiger partial charge in [0, 0.05) is 45.3 Å². The summed E-state index contributed by atoms with van der Waals surface area (Å²) in [5.74, 6) is -2.30. The van der Waals surface area contributed by atoms with Crippen LogP contribution in [0.25, 0.3) is 0 Å². The highest BCUT2D eigenvalue weighted by atomic mass is 19.1. The van der Waals surface area contributed by atoms with Crippen LogP contribution in [0.4, 0.5) is 8.78 Å². The van der Waals surface area contributed by atoms with Crippen molar-refractivity contribution >= 4 is 5.91 Å². The molecule has 2 aliphatic heterocycles. The van der Waals surface area contributed by atoms with Gasteiger partial charge in [-0.2, -0.15) is 0 Å². The summed E-state index contributed by atoms with van der Waals surface area (Å²) in [6.45, 7) is 4.87. The number of piperazine rings is 1. The summed E-state index contributed by atoms with van der Waals surface area (Å²) in [7, 11) is 1.24. The molecule has 2 aliphatic rings. The first-order valence-electron chi connectivity index (χ1n) is 7.88. The topological polar surface area (TPSA) is 44.8 Å². The third-order valence-corrected chi connectivity index (χ3v) is 4.60. The Morgan fingerprint density at radius 3 is 2.61 bits per heavy atom. The van der Waals surface area contributed by atoms with Crippen LogP contribution in [-0.2, 0) is 0 Å². The molecule has 0 aromatic heterocycles.